The van der Waals surface area contributed by atoms with Crippen molar-refractivity contribution in [3.8, 4) is 6.01 Å². The van der Waals surface area contributed by atoms with Gasteiger partial charge in [0.25, 0.3) is 0 Å². The number of halogens is 1. The maximum Gasteiger partial charge on any atom is 0.318 e. The lowest BCUT2D eigenvalue weighted by molar-refractivity contribution is 0.284. The number of nitrogens with zero attached hydrogens (tertiary/aromatic N) is 2. The van der Waals surface area contributed by atoms with Crippen molar-refractivity contribution in [2.45, 2.75) is 26.3 Å². The van der Waals surface area contributed by atoms with E-state index in [1.165, 1.54) is 0 Å². The zero-order valence-electron chi connectivity index (χ0n) is 12.0. The number of unbranched alkanes of at least 4 members (excludes halogenated alkanes) is 1. The topological polar surface area (TPSA) is 73.1 Å². The highest BCUT2D eigenvalue weighted by molar-refractivity contribution is 5.56. The number of anilines is 2. The Labute approximate surface area is 123 Å². The van der Waals surface area contributed by atoms with Crippen LogP contribution >= 0.6 is 0 Å². The Bertz CT molecular complexity index is 574. The molecule has 6 heteroatoms. The molecule has 0 aliphatic rings. The Morgan fingerprint density at radius 1 is 1.29 bits per heavy atom. The Morgan fingerprint density at radius 2 is 2.05 bits per heavy atom. The summed E-state index contributed by atoms with van der Waals surface area (Å²) < 4.78 is 19.1. The van der Waals surface area contributed by atoms with Crippen molar-refractivity contribution < 1.29 is 9.13 Å². The first-order valence-electron chi connectivity index (χ1n) is 6.94. The molecule has 1 heterocycles. The summed E-state index contributed by atoms with van der Waals surface area (Å²) >= 11 is 0. The van der Waals surface area contributed by atoms with Crippen LogP contribution in [-0.2, 0) is 6.54 Å². The number of rotatable bonds is 7. The molecular formula is C15H19FN4O. The molecule has 0 saturated heterocycles. The average molecular weight is 290 g/mol. The van der Waals surface area contributed by atoms with Gasteiger partial charge in [0, 0.05) is 12.2 Å². The molecule has 0 aliphatic carbocycles. The largest absolute Gasteiger partial charge is 0.463 e. The minimum atomic E-state index is -0.527. The molecule has 0 bridgehead atoms. The number of nitrogens with one attached hydrogen (secondary N) is 1. The van der Waals surface area contributed by atoms with Gasteiger partial charge in [0.15, 0.2) is 11.6 Å². The number of aromatic nitrogens is 2. The van der Waals surface area contributed by atoms with Gasteiger partial charge in [0.2, 0.25) is 0 Å². The maximum atomic E-state index is 13.7. The van der Waals surface area contributed by atoms with Gasteiger partial charge in [0.1, 0.15) is 0 Å². The molecule has 2 aromatic rings. The van der Waals surface area contributed by atoms with E-state index in [4.69, 9.17) is 10.5 Å². The maximum absolute atomic E-state index is 13.7. The van der Waals surface area contributed by atoms with E-state index in [9.17, 15) is 4.39 Å². The third-order valence-corrected chi connectivity index (χ3v) is 2.90. The van der Waals surface area contributed by atoms with Gasteiger partial charge in [-0.25, -0.2) is 9.37 Å². The first-order chi connectivity index (χ1) is 10.2. The smallest absolute Gasteiger partial charge is 0.318 e. The summed E-state index contributed by atoms with van der Waals surface area (Å²) in [6.45, 7) is 3.05. The SMILES string of the molecule is CCCCOc1ncc(F)c(Nc2ccc(CN)cc2)n1. The van der Waals surface area contributed by atoms with Crippen molar-refractivity contribution in [3.63, 3.8) is 0 Å². The molecule has 3 N–H and O–H groups in total. The summed E-state index contributed by atoms with van der Waals surface area (Å²) in [7, 11) is 0. The Balaban J connectivity index is 2.08. The zero-order chi connectivity index (χ0) is 15.1. The molecule has 112 valence electrons. The van der Waals surface area contributed by atoms with Crippen LogP contribution in [0.2, 0.25) is 0 Å². The lowest BCUT2D eigenvalue weighted by Crippen LogP contribution is -2.05. The first-order valence-corrected chi connectivity index (χ1v) is 6.94. The van der Waals surface area contributed by atoms with Gasteiger partial charge >= 0.3 is 6.01 Å². The summed E-state index contributed by atoms with van der Waals surface area (Å²) in [4.78, 5) is 7.85. The van der Waals surface area contributed by atoms with Crippen LogP contribution in [0.15, 0.2) is 30.5 Å². The van der Waals surface area contributed by atoms with Crippen LogP contribution in [0.3, 0.4) is 0 Å². The van der Waals surface area contributed by atoms with Crippen LogP contribution in [0.5, 0.6) is 6.01 Å². The Hall–Kier alpha value is -2.21. The number of benzene rings is 1. The van der Waals surface area contributed by atoms with Crippen LogP contribution in [0.4, 0.5) is 15.9 Å². The van der Waals surface area contributed by atoms with E-state index in [0.29, 0.717) is 13.2 Å². The minimum Gasteiger partial charge on any atom is -0.463 e. The van der Waals surface area contributed by atoms with E-state index in [-0.39, 0.29) is 11.8 Å². The molecule has 0 saturated carbocycles. The van der Waals surface area contributed by atoms with Gasteiger partial charge < -0.3 is 15.8 Å². The molecule has 2 rings (SSSR count). The van der Waals surface area contributed by atoms with Gasteiger partial charge in [-0.3, -0.25) is 0 Å². The van der Waals surface area contributed by atoms with Crippen molar-refractivity contribution in [1.29, 1.82) is 0 Å². The van der Waals surface area contributed by atoms with Crippen molar-refractivity contribution >= 4 is 11.5 Å². The van der Waals surface area contributed by atoms with Crippen LogP contribution < -0.4 is 15.8 Å². The highest BCUT2D eigenvalue weighted by Crippen LogP contribution is 2.19. The second-order valence-electron chi connectivity index (χ2n) is 4.58. The lowest BCUT2D eigenvalue weighted by Gasteiger charge is -2.09. The third-order valence-electron chi connectivity index (χ3n) is 2.90. The van der Waals surface area contributed by atoms with Crippen molar-refractivity contribution in [3.05, 3.63) is 41.8 Å². The molecule has 0 amide bonds. The fourth-order valence-corrected chi connectivity index (χ4v) is 1.68. The summed E-state index contributed by atoms with van der Waals surface area (Å²) in [5.74, 6) is -0.433. The average Bonchev–Trinajstić information content (AvgIpc) is 2.51. The molecule has 21 heavy (non-hydrogen) atoms. The van der Waals surface area contributed by atoms with E-state index >= 15 is 0 Å². The zero-order valence-corrected chi connectivity index (χ0v) is 12.0. The molecule has 0 aliphatic heterocycles. The predicted molar refractivity (Wildman–Crippen MR) is 80.0 cm³/mol. The van der Waals surface area contributed by atoms with Crippen LogP contribution in [0.25, 0.3) is 0 Å². The molecule has 5 nitrogen and oxygen atoms in total. The summed E-state index contributed by atoms with van der Waals surface area (Å²) in [6.07, 6.45) is 3.02. The molecule has 0 atom stereocenters. The molecule has 1 aromatic carbocycles. The van der Waals surface area contributed by atoms with Gasteiger partial charge in [-0.2, -0.15) is 4.98 Å². The van der Waals surface area contributed by atoms with E-state index in [1.54, 1.807) is 0 Å². The van der Waals surface area contributed by atoms with Gasteiger partial charge in [-0.05, 0) is 24.1 Å². The number of hydrogen-bond donors (Lipinski definition) is 2. The summed E-state index contributed by atoms with van der Waals surface area (Å²) in [5, 5.41) is 2.91. The Kier molecular flexibility index (Phi) is 5.45. The highest BCUT2D eigenvalue weighted by Gasteiger charge is 2.08. The van der Waals surface area contributed by atoms with Gasteiger partial charge in [0.05, 0.1) is 12.8 Å². The number of ether oxygens (including phenoxy) is 1. The van der Waals surface area contributed by atoms with E-state index < -0.39 is 5.82 Å². The van der Waals surface area contributed by atoms with Gasteiger partial charge in [-0.1, -0.05) is 25.5 Å². The molecule has 0 radical (unpaired) electrons. The fourth-order valence-electron chi connectivity index (χ4n) is 1.68. The van der Waals surface area contributed by atoms with E-state index in [0.717, 1.165) is 30.3 Å². The summed E-state index contributed by atoms with van der Waals surface area (Å²) in [6, 6.07) is 7.56. The molecule has 0 fully saturated rings. The second-order valence-corrected chi connectivity index (χ2v) is 4.58. The van der Waals surface area contributed by atoms with Crippen LogP contribution in [0.1, 0.15) is 25.3 Å². The normalized spacial score (nSPS) is 10.4. The first kappa shape index (κ1) is 15.2. The quantitative estimate of drug-likeness (QED) is 0.767. The van der Waals surface area contributed by atoms with Gasteiger partial charge in [-0.15, -0.1) is 0 Å². The van der Waals surface area contributed by atoms with Crippen LogP contribution in [0, 0.1) is 5.82 Å². The monoisotopic (exact) mass is 290 g/mol. The molecule has 1 aromatic heterocycles. The Morgan fingerprint density at radius 3 is 2.71 bits per heavy atom. The van der Waals surface area contributed by atoms with Crippen LogP contribution in [-0.4, -0.2) is 16.6 Å². The molecule has 0 unspecified atom stereocenters. The third kappa shape index (κ3) is 4.39. The number of nitrogens with two attached hydrogens (primary N) is 1. The standard InChI is InChI=1S/C15H19FN4O/c1-2-3-8-21-15-18-10-13(16)14(20-15)19-12-6-4-11(9-17)5-7-12/h4-7,10H,2-3,8-9,17H2,1H3,(H,18,19,20). The predicted octanol–water partition coefficient (Wildman–Crippen LogP) is 3.00. The highest BCUT2D eigenvalue weighted by atomic mass is 19.1. The van der Waals surface area contributed by atoms with Crippen molar-refractivity contribution in [2.24, 2.45) is 5.73 Å². The second kappa shape index (κ2) is 7.54. The minimum absolute atomic E-state index is 0.0944. The summed E-state index contributed by atoms with van der Waals surface area (Å²) in [5.41, 5.74) is 7.27. The lowest BCUT2D eigenvalue weighted by atomic mass is 10.2. The molecule has 0 spiro atoms. The fraction of sp³-hybridized carbons (Fsp3) is 0.333. The van der Waals surface area contributed by atoms with Crippen molar-refractivity contribution in [1.82, 2.24) is 9.97 Å². The van der Waals surface area contributed by atoms with Crippen molar-refractivity contribution in [2.75, 3.05) is 11.9 Å². The van der Waals surface area contributed by atoms with E-state index in [2.05, 4.69) is 22.2 Å². The van der Waals surface area contributed by atoms with E-state index in [1.807, 2.05) is 24.3 Å². The number of hydrogen-bond acceptors (Lipinski definition) is 5. The molecular weight excluding hydrogens is 271 g/mol.